The van der Waals surface area contributed by atoms with E-state index in [1.54, 1.807) is 0 Å². The van der Waals surface area contributed by atoms with Gasteiger partial charge < -0.3 is 36.4 Å². The van der Waals surface area contributed by atoms with Crippen molar-refractivity contribution in [2.75, 3.05) is 0 Å². The molecule has 0 saturated heterocycles. The molecule has 2 atom stereocenters. The molecule has 8 nitrogen and oxygen atoms in total. The molecule has 0 radical (unpaired) electrons. The van der Waals surface area contributed by atoms with Crippen molar-refractivity contribution in [3.8, 4) is 28.7 Å². The SMILES string of the molecule is N.O=C1c2c([O-])cc([O-])cc2OC(c2ccc([O-])c([O-])c2)C1O.[Pt+4]. The first-order chi connectivity index (χ1) is 10.4. The van der Waals surface area contributed by atoms with Crippen LogP contribution in [0.3, 0.4) is 0 Å². The quantitative estimate of drug-likeness (QED) is 0.480. The standard InChI is InChI=1S/C15H12O7.H3N.Pt/c16-7-4-10(19)12-11(5-7)22-15(14(21)13(12)20)6-1-2-8(17)9(18)3-6;;/h1-5,14-19,21H;1H3;/q;;+4/p-4. The number of benzene rings is 2. The van der Waals surface area contributed by atoms with E-state index in [4.69, 9.17) is 4.74 Å². The van der Waals surface area contributed by atoms with Crippen molar-refractivity contribution in [2.45, 2.75) is 12.2 Å². The number of aliphatic hydroxyl groups is 1. The largest absolute Gasteiger partial charge is 4.00 e. The van der Waals surface area contributed by atoms with E-state index < -0.39 is 46.6 Å². The molecule has 1 heterocycles. The van der Waals surface area contributed by atoms with E-state index in [0.29, 0.717) is 0 Å². The molecule has 0 spiro atoms. The summed E-state index contributed by atoms with van der Waals surface area (Å²) in [4.78, 5) is 12.1. The van der Waals surface area contributed by atoms with Gasteiger partial charge in [-0.2, -0.15) is 0 Å². The van der Waals surface area contributed by atoms with Gasteiger partial charge in [-0.05, 0) is 11.6 Å². The second kappa shape index (κ2) is 7.09. The van der Waals surface area contributed by atoms with Crippen molar-refractivity contribution in [2.24, 2.45) is 0 Å². The maximum atomic E-state index is 12.1. The summed E-state index contributed by atoms with van der Waals surface area (Å²) in [5.41, 5.74) is -0.286. The number of ketones is 1. The smallest absolute Gasteiger partial charge is 0.873 e. The van der Waals surface area contributed by atoms with Crippen LogP contribution in [-0.2, 0) is 21.1 Å². The molecule has 2 unspecified atom stereocenters. The van der Waals surface area contributed by atoms with Gasteiger partial charge in [0.05, 0.1) is 5.56 Å². The predicted molar refractivity (Wildman–Crippen MR) is 69.4 cm³/mol. The molecule has 4 N–H and O–H groups in total. The summed E-state index contributed by atoms with van der Waals surface area (Å²) >= 11 is 0. The van der Waals surface area contributed by atoms with Gasteiger partial charge in [-0.1, -0.05) is 30.0 Å². The van der Waals surface area contributed by atoms with Crippen LogP contribution >= 0.6 is 0 Å². The van der Waals surface area contributed by atoms with Gasteiger partial charge in [0.2, 0.25) is 0 Å². The second-order valence-electron chi connectivity index (χ2n) is 4.85. The van der Waals surface area contributed by atoms with Gasteiger partial charge in [0.25, 0.3) is 0 Å². The van der Waals surface area contributed by atoms with Crippen molar-refractivity contribution >= 4 is 5.78 Å². The zero-order chi connectivity index (χ0) is 16.0. The van der Waals surface area contributed by atoms with E-state index in [1.165, 1.54) is 6.07 Å². The molecular formula is C15H11NO7Pt. The Morgan fingerprint density at radius 3 is 2.25 bits per heavy atom. The van der Waals surface area contributed by atoms with Gasteiger partial charge in [-0.3, -0.25) is 4.79 Å². The Morgan fingerprint density at radius 1 is 0.958 bits per heavy atom. The Kier molecular flexibility index (Phi) is 5.83. The fourth-order valence-corrected chi connectivity index (χ4v) is 2.34. The van der Waals surface area contributed by atoms with Crippen LogP contribution in [0.25, 0.3) is 0 Å². The Morgan fingerprint density at radius 2 is 1.62 bits per heavy atom. The molecule has 128 valence electrons. The first-order valence-corrected chi connectivity index (χ1v) is 6.27. The van der Waals surface area contributed by atoms with E-state index in [2.05, 4.69) is 0 Å². The van der Waals surface area contributed by atoms with Crippen LogP contribution in [0.15, 0.2) is 30.3 Å². The maximum Gasteiger partial charge on any atom is 4.00 e. The van der Waals surface area contributed by atoms with Gasteiger partial charge in [0.1, 0.15) is 5.75 Å². The first kappa shape index (κ1) is 19.8. The molecule has 0 amide bonds. The number of fused-ring (bicyclic) bond motifs is 1. The van der Waals surface area contributed by atoms with E-state index >= 15 is 0 Å². The molecule has 1 aliphatic heterocycles. The molecule has 0 fully saturated rings. The average Bonchev–Trinajstić information content (AvgIpc) is 2.45. The molecule has 24 heavy (non-hydrogen) atoms. The summed E-state index contributed by atoms with van der Waals surface area (Å²) < 4.78 is 5.35. The van der Waals surface area contributed by atoms with Crippen LogP contribution in [0.1, 0.15) is 22.0 Å². The number of carbonyl (C=O) groups is 1. The minimum absolute atomic E-state index is 0. The number of ether oxygens (including phenoxy) is 1. The van der Waals surface area contributed by atoms with Crippen LogP contribution in [0, 0.1) is 0 Å². The normalized spacial score (nSPS) is 18.6. The van der Waals surface area contributed by atoms with Crippen LogP contribution < -0.4 is 31.3 Å². The monoisotopic (exact) mass is 512 g/mol. The molecule has 9 heteroatoms. The van der Waals surface area contributed by atoms with Crippen molar-refractivity contribution < 1.29 is 56.1 Å². The Hall–Kier alpha value is -2.28. The Balaban J connectivity index is 0.00000144. The van der Waals surface area contributed by atoms with Crippen LogP contribution in [0.5, 0.6) is 28.7 Å². The van der Waals surface area contributed by atoms with Crippen LogP contribution in [0.2, 0.25) is 0 Å². The molecule has 0 aromatic heterocycles. The number of hydrogen-bond donors (Lipinski definition) is 2. The first-order valence-electron chi connectivity index (χ1n) is 6.27. The molecule has 2 aromatic rings. The third-order valence-corrected chi connectivity index (χ3v) is 3.39. The van der Waals surface area contributed by atoms with E-state index in [-0.39, 0.29) is 38.5 Å². The summed E-state index contributed by atoms with van der Waals surface area (Å²) in [6.45, 7) is 0. The van der Waals surface area contributed by atoms with Gasteiger partial charge in [-0.15, -0.1) is 17.2 Å². The van der Waals surface area contributed by atoms with Crippen molar-refractivity contribution in [3.05, 3.63) is 41.5 Å². The van der Waals surface area contributed by atoms with Gasteiger partial charge in [-0.25, -0.2) is 0 Å². The fraction of sp³-hybridized carbons (Fsp3) is 0.133. The minimum atomic E-state index is -1.71. The molecular weight excluding hydrogens is 501 g/mol. The average molecular weight is 512 g/mol. The molecule has 3 rings (SSSR count). The van der Waals surface area contributed by atoms with E-state index in [0.717, 1.165) is 24.3 Å². The number of hydrogen-bond acceptors (Lipinski definition) is 8. The van der Waals surface area contributed by atoms with Gasteiger partial charge in [0, 0.05) is 0 Å². The summed E-state index contributed by atoms with van der Waals surface area (Å²) in [5, 5.41) is 55.6. The number of Topliss-reactive ketones (excluding diaryl/α,β-unsaturated/α-hetero) is 1. The summed E-state index contributed by atoms with van der Waals surface area (Å²) in [5.74, 6) is -4.14. The van der Waals surface area contributed by atoms with Crippen molar-refractivity contribution in [1.82, 2.24) is 6.15 Å². The maximum absolute atomic E-state index is 12.1. The molecule has 1 aliphatic rings. The predicted octanol–water partition coefficient (Wildman–Crippen LogP) is -1.18. The second-order valence-corrected chi connectivity index (χ2v) is 4.85. The van der Waals surface area contributed by atoms with Crippen molar-refractivity contribution in [1.29, 1.82) is 0 Å². The zero-order valence-electron chi connectivity index (χ0n) is 12.0. The summed E-state index contributed by atoms with van der Waals surface area (Å²) in [7, 11) is 0. The minimum Gasteiger partial charge on any atom is -0.873 e. The number of aliphatic hydroxyl groups excluding tert-OH is 1. The van der Waals surface area contributed by atoms with Crippen LogP contribution in [0.4, 0.5) is 0 Å². The molecule has 0 aliphatic carbocycles. The summed E-state index contributed by atoms with van der Waals surface area (Å²) in [6, 6.07) is 4.89. The zero-order valence-corrected chi connectivity index (χ0v) is 14.2. The molecule has 2 aromatic carbocycles. The summed E-state index contributed by atoms with van der Waals surface area (Å²) in [6.07, 6.45) is -2.98. The fourth-order valence-electron chi connectivity index (χ4n) is 2.34. The van der Waals surface area contributed by atoms with Crippen molar-refractivity contribution in [3.63, 3.8) is 0 Å². The van der Waals surface area contributed by atoms with E-state index in [1.807, 2.05) is 0 Å². The van der Waals surface area contributed by atoms with Gasteiger partial charge in [0.15, 0.2) is 18.0 Å². The molecule has 0 bridgehead atoms. The Labute approximate surface area is 150 Å². The van der Waals surface area contributed by atoms with Crippen LogP contribution in [-0.4, -0.2) is 17.0 Å². The third kappa shape index (κ3) is 3.17. The topological polar surface area (TPSA) is 174 Å². The molecule has 0 saturated carbocycles. The number of rotatable bonds is 1. The third-order valence-electron chi connectivity index (χ3n) is 3.39. The number of carbonyl (C=O) groups excluding carboxylic acids is 1. The Bertz CT molecular complexity index is 781. The van der Waals surface area contributed by atoms with E-state index in [9.17, 15) is 30.3 Å². The van der Waals surface area contributed by atoms with Gasteiger partial charge >= 0.3 is 21.1 Å².